The predicted molar refractivity (Wildman–Crippen MR) is 80.1 cm³/mol. The zero-order chi connectivity index (χ0) is 14.8. The van der Waals surface area contributed by atoms with Crippen molar-refractivity contribution in [3.63, 3.8) is 0 Å². The van der Waals surface area contributed by atoms with Crippen molar-refractivity contribution in [3.05, 3.63) is 29.8 Å². The Labute approximate surface area is 122 Å². The molecular formula is C16H24O3S. The Morgan fingerprint density at radius 3 is 2.45 bits per heavy atom. The molecule has 0 aliphatic heterocycles. The number of aryl methyl sites for hydroxylation is 1. The largest absolute Gasteiger partial charge is 0.296 e. The van der Waals surface area contributed by atoms with Crippen LogP contribution in [0.2, 0.25) is 0 Å². The molecule has 1 fully saturated rings. The van der Waals surface area contributed by atoms with E-state index in [1.54, 1.807) is 24.3 Å². The lowest BCUT2D eigenvalue weighted by atomic mass is 9.90. The summed E-state index contributed by atoms with van der Waals surface area (Å²) < 4.78 is 29.2. The first-order chi connectivity index (χ1) is 9.28. The molecule has 0 heterocycles. The summed E-state index contributed by atoms with van der Waals surface area (Å²) >= 11 is 0. The summed E-state index contributed by atoms with van der Waals surface area (Å²) in [6.45, 7) is 6.77. The van der Waals surface area contributed by atoms with Crippen LogP contribution in [-0.4, -0.2) is 15.0 Å². The Morgan fingerprint density at radius 2 is 1.90 bits per heavy atom. The Morgan fingerprint density at radius 1 is 1.25 bits per heavy atom. The average Bonchev–Trinajstić information content (AvgIpc) is 2.69. The molecule has 3 nitrogen and oxygen atoms in total. The normalized spacial score (nSPS) is 22.1. The second-order valence-corrected chi connectivity index (χ2v) is 8.27. The van der Waals surface area contributed by atoms with Crippen LogP contribution in [0.3, 0.4) is 0 Å². The number of benzene rings is 1. The number of rotatable bonds is 5. The summed E-state index contributed by atoms with van der Waals surface area (Å²) in [5, 5.41) is 0. The molecule has 1 saturated carbocycles. The van der Waals surface area contributed by atoms with E-state index in [1.807, 2.05) is 6.92 Å². The predicted octanol–water partition coefficient (Wildman–Crippen LogP) is 3.92. The third kappa shape index (κ3) is 4.06. The van der Waals surface area contributed by atoms with E-state index in [4.69, 9.17) is 4.18 Å². The van der Waals surface area contributed by atoms with Crippen LogP contribution < -0.4 is 0 Å². The Hall–Kier alpha value is -0.870. The van der Waals surface area contributed by atoms with Gasteiger partial charge in [0, 0.05) is 0 Å². The van der Waals surface area contributed by atoms with Crippen molar-refractivity contribution in [1.82, 2.24) is 0 Å². The van der Waals surface area contributed by atoms with Crippen molar-refractivity contribution in [2.24, 2.45) is 11.3 Å². The number of hydrogen-bond donors (Lipinski definition) is 0. The molecule has 1 aromatic carbocycles. The van der Waals surface area contributed by atoms with Crippen LogP contribution in [0, 0.1) is 18.3 Å². The first-order valence-electron chi connectivity index (χ1n) is 7.25. The van der Waals surface area contributed by atoms with Gasteiger partial charge in [0.15, 0.2) is 0 Å². The van der Waals surface area contributed by atoms with Crippen molar-refractivity contribution in [2.75, 3.05) is 6.61 Å². The van der Waals surface area contributed by atoms with Gasteiger partial charge >= 0.3 is 0 Å². The highest BCUT2D eigenvalue weighted by atomic mass is 32.2. The molecule has 0 bridgehead atoms. The molecule has 1 aliphatic rings. The summed E-state index contributed by atoms with van der Waals surface area (Å²) in [5.74, 6) is 0.596. The molecule has 1 unspecified atom stereocenters. The van der Waals surface area contributed by atoms with E-state index in [2.05, 4.69) is 13.8 Å². The fourth-order valence-electron chi connectivity index (χ4n) is 2.92. The Balaban J connectivity index is 1.86. The zero-order valence-corrected chi connectivity index (χ0v) is 13.4. The third-order valence-corrected chi connectivity index (χ3v) is 5.47. The molecule has 0 spiro atoms. The third-order valence-electron chi connectivity index (χ3n) is 4.14. The highest BCUT2D eigenvalue weighted by molar-refractivity contribution is 7.86. The standard InChI is InChI=1S/C16H24O3S/c1-13-4-6-15(7-5-13)20(17,18)19-11-9-14-8-10-16(2,3)12-14/h4-7,14H,8-12H2,1-3H3. The van der Waals surface area contributed by atoms with Gasteiger partial charge in [0.1, 0.15) is 0 Å². The summed E-state index contributed by atoms with van der Waals surface area (Å²) in [7, 11) is -3.60. The van der Waals surface area contributed by atoms with Crippen LogP contribution in [0.1, 0.15) is 45.1 Å². The lowest BCUT2D eigenvalue weighted by Gasteiger charge is -2.17. The van der Waals surface area contributed by atoms with Gasteiger partial charge in [-0.3, -0.25) is 4.18 Å². The van der Waals surface area contributed by atoms with E-state index >= 15 is 0 Å². The van der Waals surface area contributed by atoms with Gasteiger partial charge in [0.05, 0.1) is 11.5 Å². The van der Waals surface area contributed by atoms with Gasteiger partial charge in [-0.05, 0) is 56.1 Å². The minimum absolute atomic E-state index is 0.245. The minimum atomic E-state index is -3.60. The second-order valence-electron chi connectivity index (χ2n) is 6.65. The van der Waals surface area contributed by atoms with Crippen molar-refractivity contribution in [1.29, 1.82) is 0 Å². The molecule has 0 amide bonds. The minimum Gasteiger partial charge on any atom is -0.266 e. The van der Waals surface area contributed by atoms with Crippen molar-refractivity contribution in [2.45, 2.75) is 51.3 Å². The second kappa shape index (κ2) is 5.86. The Kier molecular flexibility index (Phi) is 4.55. The molecule has 0 N–H and O–H groups in total. The van der Waals surface area contributed by atoms with Crippen LogP contribution in [0.5, 0.6) is 0 Å². The summed E-state index contributed by atoms with van der Waals surface area (Å²) in [5.41, 5.74) is 1.44. The SMILES string of the molecule is Cc1ccc(S(=O)(=O)OCCC2CCC(C)(C)C2)cc1. The topological polar surface area (TPSA) is 43.4 Å². The maximum absolute atomic E-state index is 12.0. The summed E-state index contributed by atoms with van der Waals surface area (Å²) in [6.07, 6.45) is 4.40. The maximum atomic E-state index is 12.0. The van der Waals surface area contributed by atoms with Crippen LogP contribution in [-0.2, 0) is 14.3 Å². The molecule has 4 heteroatoms. The fraction of sp³-hybridized carbons (Fsp3) is 0.625. The van der Waals surface area contributed by atoms with E-state index in [-0.39, 0.29) is 11.5 Å². The molecule has 0 radical (unpaired) electrons. The summed E-state index contributed by atoms with van der Waals surface area (Å²) in [6, 6.07) is 6.78. The fourth-order valence-corrected chi connectivity index (χ4v) is 3.85. The van der Waals surface area contributed by atoms with Gasteiger partial charge in [-0.2, -0.15) is 8.42 Å². The maximum Gasteiger partial charge on any atom is 0.296 e. The quantitative estimate of drug-likeness (QED) is 0.774. The van der Waals surface area contributed by atoms with Gasteiger partial charge in [0.25, 0.3) is 10.1 Å². The molecule has 1 atom stereocenters. The van der Waals surface area contributed by atoms with Crippen LogP contribution in [0.25, 0.3) is 0 Å². The molecule has 112 valence electrons. The van der Waals surface area contributed by atoms with Gasteiger partial charge < -0.3 is 0 Å². The van der Waals surface area contributed by atoms with Crippen LogP contribution in [0.15, 0.2) is 29.2 Å². The van der Waals surface area contributed by atoms with E-state index in [0.29, 0.717) is 11.3 Å². The molecule has 1 aromatic rings. The summed E-state index contributed by atoms with van der Waals surface area (Å²) in [4.78, 5) is 0.245. The highest BCUT2D eigenvalue weighted by Gasteiger charge is 2.30. The lowest BCUT2D eigenvalue weighted by Crippen LogP contribution is -2.11. The molecule has 0 saturated heterocycles. The van der Waals surface area contributed by atoms with Gasteiger partial charge in [-0.15, -0.1) is 0 Å². The van der Waals surface area contributed by atoms with Gasteiger partial charge in [0.2, 0.25) is 0 Å². The molecule has 0 aromatic heterocycles. The molecule has 2 rings (SSSR count). The smallest absolute Gasteiger partial charge is 0.266 e. The first-order valence-corrected chi connectivity index (χ1v) is 8.65. The van der Waals surface area contributed by atoms with E-state index < -0.39 is 10.1 Å². The molecular weight excluding hydrogens is 272 g/mol. The van der Waals surface area contributed by atoms with Gasteiger partial charge in [-0.1, -0.05) is 31.5 Å². The van der Waals surface area contributed by atoms with Crippen molar-refractivity contribution in [3.8, 4) is 0 Å². The number of hydrogen-bond acceptors (Lipinski definition) is 3. The zero-order valence-electron chi connectivity index (χ0n) is 12.6. The van der Waals surface area contributed by atoms with Gasteiger partial charge in [-0.25, -0.2) is 0 Å². The monoisotopic (exact) mass is 296 g/mol. The van der Waals surface area contributed by atoms with E-state index in [1.165, 1.54) is 19.3 Å². The van der Waals surface area contributed by atoms with E-state index in [9.17, 15) is 8.42 Å². The highest BCUT2D eigenvalue weighted by Crippen LogP contribution is 2.42. The Bertz CT molecular complexity index is 544. The van der Waals surface area contributed by atoms with E-state index in [0.717, 1.165) is 12.0 Å². The van der Waals surface area contributed by atoms with Crippen LogP contribution >= 0.6 is 0 Å². The van der Waals surface area contributed by atoms with Crippen molar-refractivity contribution >= 4 is 10.1 Å². The first kappa shape index (κ1) is 15.5. The molecule has 1 aliphatic carbocycles. The molecule has 20 heavy (non-hydrogen) atoms. The van der Waals surface area contributed by atoms with Crippen LogP contribution in [0.4, 0.5) is 0 Å². The lowest BCUT2D eigenvalue weighted by molar-refractivity contribution is 0.272. The average molecular weight is 296 g/mol. The van der Waals surface area contributed by atoms with Crippen molar-refractivity contribution < 1.29 is 12.6 Å².